The lowest BCUT2D eigenvalue weighted by Gasteiger charge is -1.94. The molecule has 1 heterocycles. The van der Waals surface area contributed by atoms with Crippen molar-refractivity contribution in [2.75, 3.05) is 0 Å². The van der Waals surface area contributed by atoms with Gasteiger partial charge in [0.2, 0.25) is 0 Å². The molecule has 0 aliphatic heterocycles. The Hall–Kier alpha value is -2.34. The maximum Gasteiger partial charge on any atom is 0.124 e. The van der Waals surface area contributed by atoms with Crippen LogP contribution in [0.1, 0.15) is 23.7 Å². The smallest absolute Gasteiger partial charge is 0.124 e. The first kappa shape index (κ1) is 11.2. The van der Waals surface area contributed by atoms with Crippen molar-refractivity contribution >= 4 is 5.57 Å². The van der Waals surface area contributed by atoms with Crippen LogP contribution in [0.25, 0.3) is 5.57 Å². The highest BCUT2D eigenvalue weighted by Gasteiger charge is 2.01. The second-order valence-corrected chi connectivity index (χ2v) is 3.70. The molecule has 0 fully saturated rings. The number of rotatable bonds is 1. The van der Waals surface area contributed by atoms with E-state index in [4.69, 9.17) is 0 Å². The molecule has 1 aromatic heterocycles. The lowest BCUT2D eigenvalue weighted by atomic mass is 10.1. The van der Waals surface area contributed by atoms with Gasteiger partial charge >= 0.3 is 0 Å². The summed E-state index contributed by atoms with van der Waals surface area (Å²) in [6.45, 7) is 5.70. The lowest BCUT2D eigenvalue weighted by molar-refractivity contribution is 0.627. The van der Waals surface area contributed by atoms with Gasteiger partial charge in [0.25, 0.3) is 0 Å². The van der Waals surface area contributed by atoms with Gasteiger partial charge in [0, 0.05) is 5.56 Å². The van der Waals surface area contributed by atoms with Gasteiger partial charge in [-0.3, -0.25) is 5.10 Å². The molecule has 84 valence electrons. The maximum absolute atomic E-state index is 12.9. The minimum Gasteiger partial charge on any atom is -0.277 e. The average Bonchev–Trinajstić information content (AvgIpc) is 2.74. The normalized spacial score (nSPS) is 9.53. The summed E-state index contributed by atoms with van der Waals surface area (Å²) in [5, 5.41) is 6.74. The topological polar surface area (TPSA) is 28.7 Å². The minimum absolute atomic E-state index is 0.288. The Bertz CT molecular complexity index is 614. The van der Waals surface area contributed by atoms with E-state index in [1.807, 2.05) is 6.92 Å². The summed E-state index contributed by atoms with van der Waals surface area (Å²) in [5.41, 5.74) is 3.08. The molecule has 0 saturated carbocycles. The number of nitrogens with zero attached hydrogens (tertiary/aromatic N) is 1. The van der Waals surface area contributed by atoms with Crippen LogP contribution in [0.3, 0.4) is 0 Å². The van der Waals surface area contributed by atoms with E-state index in [1.165, 1.54) is 12.1 Å². The summed E-state index contributed by atoms with van der Waals surface area (Å²) in [6.07, 6.45) is 1.64. The number of aromatic nitrogens is 2. The van der Waals surface area contributed by atoms with Crippen LogP contribution in [0.4, 0.5) is 4.39 Å². The Kier molecular flexibility index (Phi) is 3.06. The van der Waals surface area contributed by atoms with Crippen molar-refractivity contribution in [2.24, 2.45) is 0 Å². The molecule has 0 amide bonds. The van der Waals surface area contributed by atoms with Crippen LogP contribution in [0.2, 0.25) is 0 Å². The second kappa shape index (κ2) is 4.67. The third-order valence-corrected chi connectivity index (χ3v) is 2.23. The van der Waals surface area contributed by atoms with Gasteiger partial charge < -0.3 is 0 Å². The van der Waals surface area contributed by atoms with Crippen LogP contribution in [0.15, 0.2) is 37.0 Å². The highest BCUT2D eigenvalue weighted by atomic mass is 19.1. The van der Waals surface area contributed by atoms with Crippen molar-refractivity contribution < 1.29 is 4.39 Å². The zero-order valence-corrected chi connectivity index (χ0v) is 9.42. The highest BCUT2D eigenvalue weighted by molar-refractivity contribution is 5.64. The molecule has 0 radical (unpaired) electrons. The number of aromatic amines is 1. The Morgan fingerprint density at radius 3 is 2.94 bits per heavy atom. The predicted molar refractivity (Wildman–Crippen MR) is 65.7 cm³/mol. The monoisotopic (exact) mass is 226 g/mol. The van der Waals surface area contributed by atoms with E-state index in [-0.39, 0.29) is 5.82 Å². The third-order valence-electron chi connectivity index (χ3n) is 2.23. The van der Waals surface area contributed by atoms with Gasteiger partial charge in [-0.25, -0.2) is 4.39 Å². The molecular formula is C14H11FN2. The van der Waals surface area contributed by atoms with Gasteiger partial charge in [0.1, 0.15) is 5.82 Å². The summed E-state index contributed by atoms with van der Waals surface area (Å²) >= 11 is 0. The highest BCUT2D eigenvalue weighted by Crippen LogP contribution is 2.12. The zero-order valence-electron chi connectivity index (χ0n) is 9.42. The number of H-pyrrole nitrogens is 1. The molecule has 2 rings (SSSR count). The molecule has 1 N–H and O–H groups in total. The van der Waals surface area contributed by atoms with Crippen molar-refractivity contribution in [2.45, 2.75) is 6.92 Å². The number of benzene rings is 1. The lowest BCUT2D eigenvalue weighted by Crippen LogP contribution is -1.83. The van der Waals surface area contributed by atoms with Crippen molar-refractivity contribution in [1.82, 2.24) is 10.2 Å². The van der Waals surface area contributed by atoms with E-state index in [2.05, 4.69) is 28.6 Å². The van der Waals surface area contributed by atoms with Gasteiger partial charge in [-0.2, -0.15) is 5.10 Å². The number of nitrogens with one attached hydrogen (secondary N) is 1. The molecule has 17 heavy (non-hydrogen) atoms. The first-order valence-corrected chi connectivity index (χ1v) is 5.13. The van der Waals surface area contributed by atoms with Crippen LogP contribution < -0.4 is 0 Å². The van der Waals surface area contributed by atoms with E-state index < -0.39 is 0 Å². The summed E-state index contributed by atoms with van der Waals surface area (Å²) in [7, 11) is 0. The van der Waals surface area contributed by atoms with Crippen molar-refractivity contribution in [3.8, 4) is 11.8 Å². The Balaban J connectivity index is 2.33. The third kappa shape index (κ3) is 2.61. The fourth-order valence-electron chi connectivity index (χ4n) is 1.41. The van der Waals surface area contributed by atoms with E-state index in [0.29, 0.717) is 5.56 Å². The van der Waals surface area contributed by atoms with Crippen LogP contribution in [-0.4, -0.2) is 10.2 Å². The number of halogens is 1. The van der Waals surface area contributed by atoms with Crippen molar-refractivity contribution in [3.63, 3.8) is 0 Å². The Morgan fingerprint density at radius 2 is 2.24 bits per heavy atom. The Labute approximate surface area is 99.2 Å². The molecule has 0 bridgehead atoms. The Morgan fingerprint density at radius 1 is 1.41 bits per heavy atom. The molecule has 0 saturated heterocycles. The van der Waals surface area contributed by atoms with Gasteiger partial charge in [-0.15, -0.1) is 0 Å². The van der Waals surface area contributed by atoms with E-state index >= 15 is 0 Å². The number of allylic oxidation sites excluding steroid dienone is 1. The maximum atomic E-state index is 12.9. The molecule has 0 aliphatic carbocycles. The standard InChI is InChI=1S/C14H11FN2/c1-10(2)14-12(9-16-17-14)7-6-11-4-3-5-13(15)8-11/h3-5,8-9H,1H2,2H3,(H,16,17). The van der Waals surface area contributed by atoms with E-state index in [1.54, 1.807) is 18.3 Å². The molecular weight excluding hydrogens is 215 g/mol. The molecule has 0 unspecified atom stereocenters. The van der Waals surface area contributed by atoms with Gasteiger partial charge in [-0.1, -0.05) is 24.5 Å². The molecule has 0 spiro atoms. The quantitative estimate of drug-likeness (QED) is 0.744. The van der Waals surface area contributed by atoms with Gasteiger partial charge in [-0.05, 0) is 30.7 Å². The summed E-state index contributed by atoms with van der Waals surface area (Å²) in [4.78, 5) is 0. The summed E-state index contributed by atoms with van der Waals surface area (Å²) in [5.74, 6) is 5.55. The first-order chi connectivity index (χ1) is 8.16. The van der Waals surface area contributed by atoms with Gasteiger partial charge in [0.05, 0.1) is 17.5 Å². The molecule has 2 aromatic rings. The fourth-order valence-corrected chi connectivity index (χ4v) is 1.41. The van der Waals surface area contributed by atoms with Crippen LogP contribution in [0.5, 0.6) is 0 Å². The van der Waals surface area contributed by atoms with E-state index in [9.17, 15) is 4.39 Å². The fraction of sp³-hybridized carbons (Fsp3) is 0.0714. The minimum atomic E-state index is -0.288. The molecule has 0 aliphatic rings. The first-order valence-electron chi connectivity index (χ1n) is 5.13. The second-order valence-electron chi connectivity index (χ2n) is 3.70. The SMILES string of the molecule is C=C(C)c1[nH]ncc1C#Cc1cccc(F)c1. The summed E-state index contributed by atoms with van der Waals surface area (Å²) < 4.78 is 12.9. The van der Waals surface area contributed by atoms with Crippen LogP contribution in [0, 0.1) is 17.7 Å². The summed E-state index contributed by atoms with van der Waals surface area (Å²) in [6, 6.07) is 6.18. The van der Waals surface area contributed by atoms with Crippen LogP contribution >= 0.6 is 0 Å². The molecule has 0 atom stereocenters. The predicted octanol–water partition coefficient (Wildman–Crippen LogP) is 2.98. The van der Waals surface area contributed by atoms with E-state index in [0.717, 1.165) is 16.8 Å². The molecule has 2 nitrogen and oxygen atoms in total. The average molecular weight is 226 g/mol. The van der Waals surface area contributed by atoms with Crippen LogP contribution in [-0.2, 0) is 0 Å². The largest absolute Gasteiger partial charge is 0.277 e. The van der Waals surface area contributed by atoms with Crippen molar-refractivity contribution in [3.05, 3.63) is 59.7 Å². The molecule has 1 aromatic carbocycles. The zero-order chi connectivity index (χ0) is 12.3. The van der Waals surface area contributed by atoms with Crippen molar-refractivity contribution in [1.29, 1.82) is 0 Å². The number of hydrogen-bond acceptors (Lipinski definition) is 1. The van der Waals surface area contributed by atoms with Gasteiger partial charge in [0.15, 0.2) is 0 Å². The molecule has 3 heteroatoms. The number of hydrogen-bond donors (Lipinski definition) is 1.